The van der Waals surface area contributed by atoms with Gasteiger partial charge < -0.3 is 20.1 Å². The van der Waals surface area contributed by atoms with Crippen molar-refractivity contribution in [3.05, 3.63) is 53.7 Å². The quantitative estimate of drug-likeness (QED) is 0.789. The summed E-state index contributed by atoms with van der Waals surface area (Å²) in [5.41, 5.74) is 0.746. The largest absolute Gasteiger partial charge is 0.505 e. The average molecular weight is 306 g/mol. The van der Waals surface area contributed by atoms with E-state index in [1.165, 1.54) is 6.07 Å². The van der Waals surface area contributed by atoms with E-state index in [-0.39, 0.29) is 17.4 Å². The number of carbonyl (C=O) groups excluding carboxylic acids is 1. The fourth-order valence-corrected chi connectivity index (χ4v) is 2.07. The Bertz CT molecular complexity index is 613. The van der Waals surface area contributed by atoms with Gasteiger partial charge >= 0.3 is 0 Å². The fourth-order valence-electron chi connectivity index (χ4n) is 2.07. The number of aliphatic hydroxyl groups is 1. The first kappa shape index (κ1) is 15.9. The molecule has 0 fully saturated rings. The fraction of sp³-hybridized carbons (Fsp3) is 0.312. The lowest BCUT2D eigenvalue weighted by Crippen LogP contribution is -2.29. The van der Waals surface area contributed by atoms with Crippen molar-refractivity contribution in [3.8, 4) is 5.75 Å². The standard InChI is InChI=1S/C16H19FN2O3/c1-11-15(20)12(10-19(11)2)16(21)18-8-5-9-22-14-7-4-3-6-13(14)17/h3-4,6-7,20H,1,5,8-10H2,2H3,(H,18,21). The lowest BCUT2D eigenvalue weighted by Gasteiger charge is -2.11. The summed E-state index contributed by atoms with van der Waals surface area (Å²) in [6.45, 7) is 4.68. The molecular formula is C16H19FN2O3. The van der Waals surface area contributed by atoms with E-state index >= 15 is 0 Å². The van der Waals surface area contributed by atoms with E-state index in [1.807, 2.05) is 0 Å². The maximum atomic E-state index is 13.3. The summed E-state index contributed by atoms with van der Waals surface area (Å²) in [5, 5.41) is 12.5. The van der Waals surface area contributed by atoms with Gasteiger partial charge in [-0.05, 0) is 18.6 Å². The minimum absolute atomic E-state index is 0.0670. The highest BCUT2D eigenvalue weighted by Crippen LogP contribution is 2.22. The molecule has 1 aromatic carbocycles. The molecule has 6 heteroatoms. The van der Waals surface area contributed by atoms with Crippen LogP contribution in [0.5, 0.6) is 5.75 Å². The number of hydrogen-bond donors (Lipinski definition) is 2. The number of aliphatic hydroxyl groups excluding tert-OH is 1. The number of carbonyl (C=O) groups is 1. The number of ether oxygens (including phenoxy) is 1. The van der Waals surface area contributed by atoms with Crippen LogP contribution in [0, 0.1) is 5.82 Å². The number of rotatable bonds is 6. The first-order chi connectivity index (χ1) is 10.5. The highest BCUT2D eigenvalue weighted by Gasteiger charge is 2.26. The van der Waals surface area contributed by atoms with E-state index in [0.717, 1.165) is 0 Å². The Balaban J connectivity index is 1.72. The summed E-state index contributed by atoms with van der Waals surface area (Å²) < 4.78 is 18.6. The highest BCUT2D eigenvalue weighted by atomic mass is 19.1. The molecule has 5 nitrogen and oxygen atoms in total. The molecule has 2 rings (SSSR count). The van der Waals surface area contributed by atoms with Crippen molar-refractivity contribution in [2.24, 2.45) is 0 Å². The second-order valence-electron chi connectivity index (χ2n) is 5.02. The van der Waals surface area contributed by atoms with Gasteiger partial charge in [0, 0.05) is 13.6 Å². The van der Waals surface area contributed by atoms with Gasteiger partial charge in [0.1, 0.15) is 5.76 Å². The molecule has 118 valence electrons. The van der Waals surface area contributed by atoms with Crippen molar-refractivity contribution < 1.29 is 19.0 Å². The third-order valence-electron chi connectivity index (χ3n) is 3.39. The third kappa shape index (κ3) is 3.58. The smallest absolute Gasteiger partial charge is 0.252 e. The SMILES string of the molecule is C=C1C(O)=C(C(=O)NCCCOc2ccccc2F)CN1C. The molecule has 0 saturated heterocycles. The zero-order chi connectivity index (χ0) is 16.1. The molecule has 0 saturated carbocycles. The van der Waals surface area contributed by atoms with Crippen molar-refractivity contribution in [2.45, 2.75) is 6.42 Å². The predicted molar refractivity (Wildman–Crippen MR) is 80.9 cm³/mol. The number of hydrogen-bond acceptors (Lipinski definition) is 4. The van der Waals surface area contributed by atoms with E-state index in [0.29, 0.717) is 37.4 Å². The summed E-state index contributed by atoms with van der Waals surface area (Å²) in [7, 11) is 1.75. The van der Waals surface area contributed by atoms with Crippen LogP contribution in [0.4, 0.5) is 4.39 Å². The number of nitrogens with zero attached hydrogens (tertiary/aromatic N) is 1. The van der Waals surface area contributed by atoms with Gasteiger partial charge in [-0.2, -0.15) is 0 Å². The Kier molecular flexibility index (Phi) is 5.04. The van der Waals surface area contributed by atoms with Crippen LogP contribution in [-0.2, 0) is 4.79 Å². The van der Waals surface area contributed by atoms with Gasteiger partial charge in [-0.15, -0.1) is 0 Å². The van der Waals surface area contributed by atoms with Gasteiger partial charge in [0.15, 0.2) is 11.6 Å². The maximum absolute atomic E-state index is 13.3. The number of amides is 1. The predicted octanol–water partition coefficient (Wildman–Crippen LogP) is 1.98. The molecular weight excluding hydrogens is 287 g/mol. The first-order valence-electron chi connectivity index (χ1n) is 6.98. The second kappa shape index (κ2) is 6.98. The zero-order valence-electron chi connectivity index (χ0n) is 12.4. The van der Waals surface area contributed by atoms with Gasteiger partial charge in [0.05, 0.1) is 24.4 Å². The van der Waals surface area contributed by atoms with E-state index < -0.39 is 5.82 Å². The molecule has 0 aromatic heterocycles. The third-order valence-corrected chi connectivity index (χ3v) is 3.39. The van der Waals surface area contributed by atoms with Crippen LogP contribution < -0.4 is 10.1 Å². The van der Waals surface area contributed by atoms with Crippen LogP contribution in [0.25, 0.3) is 0 Å². The topological polar surface area (TPSA) is 61.8 Å². The number of benzene rings is 1. The molecule has 1 aromatic rings. The lowest BCUT2D eigenvalue weighted by atomic mass is 10.2. The molecule has 1 aliphatic rings. The summed E-state index contributed by atoms with van der Waals surface area (Å²) in [6, 6.07) is 6.17. The number of para-hydroxylation sites is 1. The van der Waals surface area contributed by atoms with Crippen LogP contribution in [-0.4, -0.2) is 42.7 Å². The summed E-state index contributed by atoms with van der Waals surface area (Å²) >= 11 is 0. The molecule has 2 N–H and O–H groups in total. The lowest BCUT2D eigenvalue weighted by molar-refractivity contribution is -0.117. The number of halogens is 1. The van der Waals surface area contributed by atoms with E-state index in [4.69, 9.17) is 4.74 Å². The highest BCUT2D eigenvalue weighted by molar-refractivity contribution is 5.95. The Morgan fingerprint density at radius 1 is 1.50 bits per heavy atom. The average Bonchev–Trinajstić information content (AvgIpc) is 2.76. The first-order valence-corrected chi connectivity index (χ1v) is 6.98. The molecule has 0 unspecified atom stereocenters. The minimum atomic E-state index is -0.408. The van der Waals surface area contributed by atoms with Crippen molar-refractivity contribution in [3.63, 3.8) is 0 Å². The van der Waals surface area contributed by atoms with E-state index in [1.54, 1.807) is 30.1 Å². The summed E-state index contributed by atoms with van der Waals surface area (Å²) in [5.74, 6) is -0.603. The molecule has 0 atom stereocenters. The minimum Gasteiger partial charge on any atom is -0.505 e. The molecule has 1 aliphatic heterocycles. The Hall–Kier alpha value is -2.50. The summed E-state index contributed by atoms with van der Waals surface area (Å²) in [6.07, 6.45) is 0.533. The Morgan fingerprint density at radius 3 is 2.86 bits per heavy atom. The van der Waals surface area contributed by atoms with Crippen molar-refractivity contribution in [2.75, 3.05) is 26.7 Å². The number of nitrogens with one attached hydrogen (secondary N) is 1. The van der Waals surface area contributed by atoms with Crippen LogP contribution >= 0.6 is 0 Å². The van der Waals surface area contributed by atoms with E-state index in [9.17, 15) is 14.3 Å². The van der Waals surface area contributed by atoms with E-state index in [2.05, 4.69) is 11.9 Å². The molecule has 0 bridgehead atoms. The van der Waals surface area contributed by atoms with Gasteiger partial charge in [-0.3, -0.25) is 4.79 Å². The van der Waals surface area contributed by atoms with Gasteiger partial charge in [0.25, 0.3) is 5.91 Å². The van der Waals surface area contributed by atoms with Crippen LogP contribution in [0.1, 0.15) is 6.42 Å². The van der Waals surface area contributed by atoms with Crippen molar-refractivity contribution in [1.82, 2.24) is 10.2 Å². The van der Waals surface area contributed by atoms with Crippen LogP contribution in [0.2, 0.25) is 0 Å². The Labute approximate surface area is 128 Å². The summed E-state index contributed by atoms with van der Waals surface area (Å²) in [4.78, 5) is 13.6. The second-order valence-corrected chi connectivity index (χ2v) is 5.02. The molecule has 0 spiro atoms. The molecule has 0 aliphatic carbocycles. The van der Waals surface area contributed by atoms with Crippen LogP contribution in [0.15, 0.2) is 47.9 Å². The Morgan fingerprint density at radius 2 is 2.23 bits per heavy atom. The number of likely N-dealkylation sites (N-methyl/N-ethyl adjacent to an activating group) is 1. The maximum Gasteiger partial charge on any atom is 0.252 e. The molecule has 22 heavy (non-hydrogen) atoms. The van der Waals surface area contributed by atoms with Gasteiger partial charge in [0.2, 0.25) is 0 Å². The molecule has 1 amide bonds. The molecule has 1 heterocycles. The normalized spacial score (nSPS) is 14.5. The van der Waals surface area contributed by atoms with Gasteiger partial charge in [-0.25, -0.2) is 4.39 Å². The van der Waals surface area contributed by atoms with Crippen molar-refractivity contribution in [1.29, 1.82) is 0 Å². The van der Waals surface area contributed by atoms with Crippen LogP contribution in [0.3, 0.4) is 0 Å². The zero-order valence-corrected chi connectivity index (χ0v) is 12.4. The monoisotopic (exact) mass is 306 g/mol. The molecule has 0 radical (unpaired) electrons. The van der Waals surface area contributed by atoms with Gasteiger partial charge in [-0.1, -0.05) is 18.7 Å². The van der Waals surface area contributed by atoms with Crippen molar-refractivity contribution >= 4 is 5.91 Å².